The summed E-state index contributed by atoms with van der Waals surface area (Å²) < 4.78 is 18.7. The van der Waals surface area contributed by atoms with Crippen LogP contribution in [0.1, 0.15) is 115 Å². The van der Waals surface area contributed by atoms with Crippen LogP contribution in [0.5, 0.6) is 0 Å². The number of amides is 1. The summed E-state index contributed by atoms with van der Waals surface area (Å²) in [6.07, 6.45) is 7.16. The third-order valence-corrected chi connectivity index (χ3v) is 10.4. The molecule has 3 atom stereocenters. The normalized spacial score (nSPS) is 25.4. The van der Waals surface area contributed by atoms with Gasteiger partial charge in [0, 0.05) is 6.54 Å². The van der Waals surface area contributed by atoms with Crippen LogP contribution in [0.15, 0.2) is 42.6 Å². The summed E-state index contributed by atoms with van der Waals surface area (Å²) in [5.41, 5.74) is 7.57. The van der Waals surface area contributed by atoms with Gasteiger partial charge in [0.05, 0.1) is 29.1 Å². The molecule has 1 aromatic heterocycles. The molecule has 2 aliphatic heterocycles. The quantitative estimate of drug-likeness (QED) is 0.324. The maximum absolute atomic E-state index is 12.8. The van der Waals surface area contributed by atoms with Gasteiger partial charge in [-0.1, -0.05) is 36.4 Å². The second-order valence-electron chi connectivity index (χ2n) is 14.9. The lowest BCUT2D eigenvalue weighted by atomic mass is 9.70. The summed E-state index contributed by atoms with van der Waals surface area (Å²) >= 11 is 0. The predicted molar refractivity (Wildman–Crippen MR) is 169 cm³/mol. The van der Waals surface area contributed by atoms with E-state index < -0.39 is 5.60 Å². The topological polar surface area (TPSA) is 76.7 Å². The van der Waals surface area contributed by atoms with E-state index in [4.69, 9.17) is 19.0 Å². The SMILES string of the molecule is CC(C)(C)OC(=O)N1CCC[C@H]1c1ncc(-c2ccc(-c3ccc(B4OC(C)(C)C(C)(C)O4)c4c3C3CCC4C3)cc2)[nH]1. The van der Waals surface area contributed by atoms with Gasteiger partial charge in [0.25, 0.3) is 0 Å². The Hall–Kier alpha value is -3.10. The molecule has 226 valence electrons. The van der Waals surface area contributed by atoms with Gasteiger partial charge in [-0.15, -0.1) is 0 Å². The Labute approximate surface area is 255 Å². The van der Waals surface area contributed by atoms with Gasteiger partial charge >= 0.3 is 13.2 Å². The minimum Gasteiger partial charge on any atom is -0.444 e. The fourth-order valence-electron chi connectivity index (χ4n) is 7.55. The van der Waals surface area contributed by atoms with Crippen molar-refractivity contribution in [2.75, 3.05) is 6.54 Å². The van der Waals surface area contributed by atoms with E-state index in [0.717, 1.165) is 29.9 Å². The van der Waals surface area contributed by atoms with Crippen molar-refractivity contribution in [3.63, 3.8) is 0 Å². The van der Waals surface area contributed by atoms with E-state index in [1.807, 2.05) is 27.0 Å². The molecule has 7 nitrogen and oxygen atoms in total. The smallest absolute Gasteiger partial charge is 0.444 e. The number of aromatic amines is 1. The first-order valence-electron chi connectivity index (χ1n) is 16.0. The van der Waals surface area contributed by atoms with Crippen molar-refractivity contribution in [1.29, 1.82) is 0 Å². The zero-order valence-electron chi connectivity index (χ0n) is 26.6. The van der Waals surface area contributed by atoms with Gasteiger partial charge in [-0.05, 0) is 126 Å². The molecule has 2 aliphatic carbocycles. The van der Waals surface area contributed by atoms with Crippen molar-refractivity contribution in [1.82, 2.24) is 14.9 Å². The molecule has 2 bridgehead atoms. The lowest BCUT2D eigenvalue weighted by Crippen LogP contribution is -2.41. The molecule has 1 saturated carbocycles. The Bertz CT molecular complexity index is 1540. The van der Waals surface area contributed by atoms with E-state index in [1.54, 1.807) is 4.90 Å². The van der Waals surface area contributed by atoms with E-state index in [-0.39, 0.29) is 30.5 Å². The number of ether oxygens (including phenoxy) is 1. The highest BCUT2D eigenvalue weighted by molar-refractivity contribution is 6.62. The minimum atomic E-state index is -0.522. The number of nitrogens with zero attached hydrogens (tertiary/aromatic N) is 2. The zero-order valence-corrected chi connectivity index (χ0v) is 26.6. The maximum atomic E-state index is 12.8. The van der Waals surface area contributed by atoms with E-state index in [9.17, 15) is 4.79 Å². The molecule has 43 heavy (non-hydrogen) atoms. The largest absolute Gasteiger partial charge is 0.495 e. The Morgan fingerprint density at radius 3 is 2.28 bits per heavy atom. The number of hydrogen-bond acceptors (Lipinski definition) is 5. The fraction of sp³-hybridized carbons (Fsp3) is 0.543. The monoisotopic (exact) mass is 581 g/mol. The van der Waals surface area contributed by atoms with Crippen molar-refractivity contribution in [3.05, 3.63) is 59.5 Å². The summed E-state index contributed by atoms with van der Waals surface area (Å²) in [6.45, 7) is 14.9. The van der Waals surface area contributed by atoms with E-state index in [0.29, 0.717) is 18.4 Å². The van der Waals surface area contributed by atoms with Crippen molar-refractivity contribution < 1.29 is 18.8 Å². The van der Waals surface area contributed by atoms with E-state index in [1.165, 1.54) is 47.0 Å². The first kappa shape index (κ1) is 28.7. The number of H-pyrrole nitrogens is 1. The second kappa shape index (κ2) is 9.96. The van der Waals surface area contributed by atoms with E-state index >= 15 is 0 Å². The Balaban J connectivity index is 1.14. The first-order chi connectivity index (χ1) is 20.3. The Kier molecular flexibility index (Phi) is 6.64. The first-order valence-corrected chi connectivity index (χ1v) is 16.0. The number of aromatic nitrogens is 2. The summed E-state index contributed by atoms with van der Waals surface area (Å²) in [4.78, 5) is 22.8. The lowest BCUT2D eigenvalue weighted by Gasteiger charge is -2.32. The van der Waals surface area contributed by atoms with Crippen LogP contribution in [0, 0.1) is 0 Å². The number of carbonyl (C=O) groups excluding carboxylic acids is 1. The maximum Gasteiger partial charge on any atom is 0.495 e. The molecule has 2 saturated heterocycles. The van der Waals surface area contributed by atoms with Gasteiger partial charge in [0.15, 0.2) is 0 Å². The fourth-order valence-corrected chi connectivity index (χ4v) is 7.55. The highest BCUT2D eigenvalue weighted by Gasteiger charge is 2.54. The summed E-state index contributed by atoms with van der Waals surface area (Å²) in [6, 6.07) is 13.3. The molecule has 4 aliphatic rings. The third kappa shape index (κ3) is 4.91. The van der Waals surface area contributed by atoms with Crippen LogP contribution in [0.25, 0.3) is 22.4 Å². The summed E-state index contributed by atoms with van der Waals surface area (Å²) in [7, 11) is -0.324. The summed E-state index contributed by atoms with van der Waals surface area (Å²) in [5, 5.41) is 0. The molecule has 2 aromatic carbocycles. The van der Waals surface area contributed by atoms with Gasteiger partial charge in [0.1, 0.15) is 11.4 Å². The molecule has 0 radical (unpaired) electrons. The highest BCUT2D eigenvalue weighted by Crippen LogP contribution is 2.55. The van der Waals surface area contributed by atoms with Crippen molar-refractivity contribution in [2.45, 2.75) is 115 Å². The van der Waals surface area contributed by atoms with Gasteiger partial charge in [-0.2, -0.15) is 0 Å². The number of benzene rings is 2. The average Bonchev–Trinajstić information content (AvgIpc) is 3.76. The van der Waals surface area contributed by atoms with Crippen LogP contribution in [0.3, 0.4) is 0 Å². The number of carbonyl (C=O) groups is 1. The van der Waals surface area contributed by atoms with Gasteiger partial charge in [-0.25, -0.2) is 9.78 Å². The Morgan fingerprint density at radius 1 is 0.953 bits per heavy atom. The van der Waals surface area contributed by atoms with E-state index in [2.05, 4.69) is 69.1 Å². The molecular weight excluding hydrogens is 537 g/mol. The van der Waals surface area contributed by atoms with Crippen LogP contribution < -0.4 is 5.46 Å². The van der Waals surface area contributed by atoms with Crippen LogP contribution in [-0.4, -0.2) is 51.4 Å². The van der Waals surface area contributed by atoms with Gasteiger partial charge in [-0.3, -0.25) is 4.90 Å². The van der Waals surface area contributed by atoms with Crippen LogP contribution in [0.2, 0.25) is 0 Å². The van der Waals surface area contributed by atoms with Crippen LogP contribution in [0.4, 0.5) is 4.79 Å². The van der Waals surface area contributed by atoms with Crippen molar-refractivity contribution >= 4 is 18.7 Å². The number of imidazole rings is 1. The lowest BCUT2D eigenvalue weighted by molar-refractivity contribution is 0.00578. The van der Waals surface area contributed by atoms with Crippen LogP contribution >= 0.6 is 0 Å². The molecule has 1 N–H and O–H groups in total. The molecule has 7 rings (SSSR count). The number of hydrogen-bond donors (Lipinski definition) is 1. The summed E-state index contributed by atoms with van der Waals surface area (Å²) in [5.74, 6) is 2.01. The van der Waals surface area contributed by atoms with Crippen molar-refractivity contribution in [2.24, 2.45) is 0 Å². The predicted octanol–water partition coefficient (Wildman–Crippen LogP) is 7.48. The Morgan fingerprint density at radius 2 is 1.60 bits per heavy atom. The standard InChI is InChI=1S/C35H44BN3O4/c1-33(2,3)41-32(40)39-18-8-9-28(39)31-37-20-27(38-31)22-12-10-21(11-13-22)25-16-17-26(30-24-15-14-23(19-24)29(25)30)36-42-34(4,5)35(6,7)43-36/h10-13,16-17,20,23-24,28H,8-9,14-15,18-19H2,1-7H3,(H,37,38)/t23?,24?,28-/m0/s1. The highest BCUT2D eigenvalue weighted by atomic mass is 16.7. The molecule has 3 aromatic rings. The molecule has 1 amide bonds. The number of nitrogens with one attached hydrogen (secondary N) is 1. The number of likely N-dealkylation sites (tertiary alicyclic amines) is 1. The average molecular weight is 582 g/mol. The molecule has 8 heteroatoms. The zero-order chi connectivity index (χ0) is 30.3. The third-order valence-electron chi connectivity index (χ3n) is 10.4. The molecule has 0 spiro atoms. The van der Waals surface area contributed by atoms with Crippen LogP contribution in [-0.2, 0) is 14.0 Å². The number of rotatable bonds is 4. The van der Waals surface area contributed by atoms with Gasteiger partial charge in [0.2, 0.25) is 0 Å². The van der Waals surface area contributed by atoms with Gasteiger partial charge < -0.3 is 19.0 Å². The van der Waals surface area contributed by atoms with Crippen molar-refractivity contribution in [3.8, 4) is 22.4 Å². The molecule has 3 heterocycles. The second-order valence-corrected chi connectivity index (χ2v) is 14.9. The minimum absolute atomic E-state index is 0.0941. The molecule has 3 fully saturated rings. The molecule has 2 unspecified atom stereocenters. The molecular formula is C35H44BN3O4. The number of fused-ring (bicyclic) bond motifs is 5.